The Kier molecular flexibility index (Phi) is 6.20. The summed E-state index contributed by atoms with van der Waals surface area (Å²) in [6.07, 6.45) is 0.938. The van der Waals surface area contributed by atoms with Crippen molar-refractivity contribution in [2.45, 2.75) is 31.3 Å². The first-order chi connectivity index (χ1) is 8.99. The fourth-order valence-corrected chi connectivity index (χ4v) is 1.80. The minimum atomic E-state index is -0.931. The smallest absolute Gasteiger partial charge is 0.242 e. The summed E-state index contributed by atoms with van der Waals surface area (Å²) in [7, 11) is 1.56. The number of ether oxygens (including phenoxy) is 2. The van der Waals surface area contributed by atoms with Gasteiger partial charge in [0.1, 0.15) is 6.04 Å². The lowest BCUT2D eigenvalue weighted by Crippen LogP contribution is -2.60. The van der Waals surface area contributed by atoms with Crippen molar-refractivity contribution in [2.24, 2.45) is 5.73 Å². The van der Waals surface area contributed by atoms with Crippen LogP contribution >= 0.6 is 0 Å². The van der Waals surface area contributed by atoms with Crippen LogP contribution in [0.5, 0.6) is 0 Å². The van der Waals surface area contributed by atoms with E-state index in [1.54, 1.807) is 14.0 Å². The van der Waals surface area contributed by atoms with Crippen LogP contribution in [0.2, 0.25) is 0 Å². The molecule has 1 aliphatic rings. The SMILES string of the molecule is COCCNC(=O)C(C)NC(=O)C1(N)CCOCC1. The van der Waals surface area contributed by atoms with Crippen molar-refractivity contribution in [3.05, 3.63) is 0 Å². The summed E-state index contributed by atoms with van der Waals surface area (Å²) in [5.41, 5.74) is 5.10. The lowest BCUT2D eigenvalue weighted by atomic mass is 9.90. The van der Waals surface area contributed by atoms with Crippen LogP contribution in [-0.2, 0) is 19.1 Å². The van der Waals surface area contributed by atoms with E-state index in [1.807, 2.05) is 0 Å². The normalized spacial score (nSPS) is 19.5. The number of nitrogens with one attached hydrogen (secondary N) is 2. The van der Waals surface area contributed by atoms with Crippen molar-refractivity contribution in [1.82, 2.24) is 10.6 Å². The van der Waals surface area contributed by atoms with Gasteiger partial charge in [-0.2, -0.15) is 0 Å². The molecular formula is C12H23N3O4. The Bertz CT molecular complexity index is 316. The van der Waals surface area contributed by atoms with E-state index in [9.17, 15) is 9.59 Å². The van der Waals surface area contributed by atoms with Crippen LogP contribution in [-0.4, -0.2) is 56.9 Å². The molecule has 4 N–H and O–H groups in total. The molecule has 1 fully saturated rings. The second-order valence-electron chi connectivity index (χ2n) is 4.75. The van der Waals surface area contributed by atoms with Crippen LogP contribution in [0, 0.1) is 0 Å². The summed E-state index contributed by atoms with van der Waals surface area (Å²) in [5.74, 6) is -0.550. The Morgan fingerprint density at radius 3 is 2.63 bits per heavy atom. The molecule has 110 valence electrons. The summed E-state index contributed by atoms with van der Waals surface area (Å²) >= 11 is 0. The predicted molar refractivity (Wildman–Crippen MR) is 69.5 cm³/mol. The van der Waals surface area contributed by atoms with Gasteiger partial charge < -0.3 is 25.8 Å². The highest BCUT2D eigenvalue weighted by Gasteiger charge is 2.37. The van der Waals surface area contributed by atoms with Crippen molar-refractivity contribution in [3.8, 4) is 0 Å². The first kappa shape index (κ1) is 15.9. The highest BCUT2D eigenvalue weighted by molar-refractivity contribution is 5.91. The Hall–Kier alpha value is -1.18. The van der Waals surface area contributed by atoms with Gasteiger partial charge in [-0.25, -0.2) is 0 Å². The minimum absolute atomic E-state index is 0.249. The van der Waals surface area contributed by atoms with Crippen LogP contribution in [0.1, 0.15) is 19.8 Å². The summed E-state index contributed by atoms with van der Waals surface area (Å²) in [4.78, 5) is 23.8. The second kappa shape index (κ2) is 7.42. The van der Waals surface area contributed by atoms with Gasteiger partial charge in [-0.15, -0.1) is 0 Å². The molecular weight excluding hydrogens is 250 g/mol. The van der Waals surface area contributed by atoms with E-state index in [1.165, 1.54) is 0 Å². The lowest BCUT2D eigenvalue weighted by Gasteiger charge is -2.32. The van der Waals surface area contributed by atoms with Crippen molar-refractivity contribution >= 4 is 11.8 Å². The molecule has 1 aliphatic heterocycles. The fourth-order valence-electron chi connectivity index (χ4n) is 1.80. The van der Waals surface area contributed by atoms with Gasteiger partial charge in [-0.3, -0.25) is 9.59 Å². The number of carbonyl (C=O) groups is 2. The molecule has 0 saturated carbocycles. The number of nitrogens with two attached hydrogens (primary N) is 1. The molecule has 0 aliphatic carbocycles. The monoisotopic (exact) mass is 273 g/mol. The third-order valence-electron chi connectivity index (χ3n) is 3.18. The molecule has 7 heteroatoms. The van der Waals surface area contributed by atoms with Gasteiger partial charge in [0, 0.05) is 26.9 Å². The Balaban J connectivity index is 2.40. The molecule has 0 aromatic heterocycles. The molecule has 1 rings (SSSR count). The molecule has 1 atom stereocenters. The van der Waals surface area contributed by atoms with E-state index < -0.39 is 11.6 Å². The summed E-state index contributed by atoms with van der Waals surface area (Å²) < 4.78 is 10.0. The standard InChI is InChI=1S/C12H23N3O4/c1-9(10(16)14-5-8-18-2)15-11(17)12(13)3-6-19-7-4-12/h9H,3-8,13H2,1-2H3,(H,14,16)(H,15,17). The number of hydrogen-bond acceptors (Lipinski definition) is 5. The zero-order chi connectivity index (χ0) is 14.3. The van der Waals surface area contributed by atoms with Crippen molar-refractivity contribution in [2.75, 3.05) is 33.5 Å². The maximum atomic E-state index is 12.1. The van der Waals surface area contributed by atoms with E-state index in [0.29, 0.717) is 39.2 Å². The number of amides is 2. The van der Waals surface area contributed by atoms with Gasteiger partial charge in [0.15, 0.2) is 0 Å². The molecule has 0 radical (unpaired) electrons. The molecule has 0 aromatic carbocycles. The van der Waals surface area contributed by atoms with Crippen molar-refractivity contribution in [1.29, 1.82) is 0 Å². The lowest BCUT2D eigenvalue weighted by molar-refractivity contribution is -0.134. The first-order valence-corrected chi connectivity index (χ1v) is 6.44. The molecule has 1 heterocycles. The Morgan fingerprint density at radius 2 is 2.05 bits per heavy atom. The maximum absolute atomic E-state index is 12.1. The quantitative estimate of drug-likeness (QED) is 0.525. The highest BCUT2D eigenvalue weighted by atomic mass is 16.5. The topological polar surface area (TPSA) is 103 Å². The molecule has 7 nitrogen and oxygen atoms in total. The van der Waals surface area contributed by atoms with E-state index in [0.717, 1.165) is 0 Å². The van der Waals surface area contributed by atoms with Crippen LogP contribution in [0.15, 0.2) is 0 Å². The number of methoxy groups -OCH3 is 1. The van der Waals surface area contributed by atoms with Crippen molar-refractivity contribution in [3.63, 3.8) is 0 Å². The number of rotatable bonds is 6. The van der Waals surface area contributed by atoms with Crippen LogP contribution in [0.4, 0.5) is 0 Å². The van der Waals surface area contributed by atoms with Gasteiger partial charge in [0.2, 0.25) is 11.8 Å². The number of carbonyl (C=O) groups excluding carboxylic acids is 2. The molecule has 0 bridgehead atoms. The molecule has 1 unspecified atom stereocenters. The van der Waals surface area contributed by atoms with Gasteiger partial charge in [0.05, 0.1) is 12.1 Å². The maximum Gasteiger partial charge on any atom is 0.242 e. The molecule has 19 heavy (non-hydrogen) atoms. The largest absolute Gasteiger partial charge is 0.383 e. The number of hydrogen-bond donors (Lipinski definition) is 3. The molecule has 0 aromatic rings. The van der Waals surface area contributed by atoms with E-state index in [-0.39, 0.29) is 11.8 Å². The molecule has 2 amide bonds. The summed E-state index contributed by atoms with van der Waals surface area (Å²) in [5, 5.41) is 5.30. The summed E-state index contributed by atoms with van der Waals surface area (Å²) in [6, 6.07) is -0.618. The van der Waals surface area contributed by atoms with Crippen molar-refractivity contribution < 1.29 is 19.1 Å². The van der Waals surface area contributed by atoms with E-state index in [2.05, 4.69) is 10.6 Å². The fraction of sp³-hybridized carbons (Fsp3) is 0.833. The predicted octanol–water partition coefficient (Wildman–Crippen LogP) is -1.24. The third-order valence-corrected chi connectivity index (χ3v) is 3.18. The van der Waals surface area contributed by atoms with Crippen LogP contribution < -0.4 is 16.4 Å². The van der Waals surface area contributed by atoms with E-state index in [4.69, 9.17) is 15.2 Å². The Labute approximate surface area is 113 Å². The van der Waals surface area contributed by atoms with Gasteiger partial charge >= 0.3 is 0 Å². The van der Waals surface area contributed by atoms with Gasteiger partial charge in [-0.1, -0.05) is 0 Å². The molecule has 1 saturated heterocycles. The van der Waals surface area contributed by atoms with E-state index >= 15 is 0 Å². The van der Waals surface area contributed by atoms with Crippen LogP contribution in [0.25, 0.3) is 0 Å². The first-order valence-electron chi connectivity index (χ1n) is 6.44. The summed E-state index contributed by atoms with van der Waals surface area (Å²) in [6.45, 7) is 3.42. The average molecular weight is 273 g/mol. The second-order valence-corrected chi connectivity index (χ2v) is 4.75. The zero-order valence-corrected chi connectivity index (χ0v) is 11.5. The van der Waals surface area contributed by atoms with Crippen LogP contribution in [0.3, 0.4) is 0 Å². The molecule has 0 spiro atoms. The zero-order valence-electron chi connectivity index (χ0n) is 11.5. The highest BCUT2D eigenvalue weighted by Crippen LogP contribution is 2.17. The minimum Gasteiger partial charge on any atom is -0.383 e. The van der Waals surface area contributed by atoms with Gasteiger partial charge in [0.25, 0.3) is 0 Å². The third kappa shape index (κ3) is 4.77. The van der Waals surface area contributed by atoms with Gasteiger partial charge in [-0.05, 0) is 19.8 Å². The average Bonchev–Trinajstić information content (AvgIpc) is 2.39. The Morgan fingerprint density at radius 1 is 1.42 bits per heavy atom.